The molecule has 0 radical (unpaired) electrons. The third-order valence-electron chi connectivity index (χ3n) is 4.17. The Hall–Kier alpha value is -0.380. The molecule has 18 heavy (non-hydrogen) atoms. The second-order valence-electron chi connectivity index (χ2n) is 5.25. The van der Waals surface area contributed by atoms with Crippen LogP contribution in [0.4, 0.5) is 0 Å². The second-order valence-corrected chi connectivity index (χ2v) is 5.90. The highest BCUT2D eigenvalue weighted by molar-refractivity contribution is 9.09. The Bertz CT molecular complexity index is 409. The van der Waals surface area contributed by atoms with Gasteiger partial charge in [-0.2, -0.15) is 0 Å². The Kier molecular flexibility index (Phi) is 4.02. The largest absolute Gasteiger partial charge is 0.372 e. The highest BCUT2D eigenvalue weighted by atomic mass is 79.9. The first kappa shape index (κ1) is 12.6. The van der Waals surface area contributed by atoms with Crippen molar-refractivity contribution in [3.05, 3.63) is 35.4 Å². The van der Waals surface area contributed by atoms with Gasteiger partial charge < -0.3 is 4.74 Å². The number of likely N-dealkylation sites (tertiary alicyclic amines) is 1. The van der Waals surface area contributed by atoms with Gasteiger partial charge in [0.05, 0.1) is 12.7 Å². The van der Waals surface area contributed by atoms with Crippen molar-refractivity contribution in [1.82, 2.24) is 4.90 Å². The summed E-state index contributed by atoms with van der Waals surface area (Å²) in [4.78, 5) is 2.58. The van der Waals surface area contributed by atoms with E-state index < -0.39 is 0 Å². The van der Waals surface area contributed by atoms with E-state index in [2.05, 4.69) is 45.1 Å². The third kappa shape index (κ3) is 2.49. The van der Waals surface area contributed by atoms with Crippen LogP contribution >= 0.6 is 15.9 Å². The zero-order valence-corrected chi connectivity index (χ0v) is 12.2. The molecular weight excluding hydrogens is 290 g/mol. The Morgan fingerprint density at radius 3 is 3.11 bits per heavy atom. The van der Waals surface area contributed by atoms with Crippen LogP contribution in [-0.2, 0) is 11.2 Å². The summed E-state index contributed by atoms with van der Waals surface area (Å²) in [5.41, 5.74) is 2.88. The lowest BCUT2D eigenvalue weighted by Crippen LogP contribution is -2.36. The maximum absolute atomic E-state index is 6.00. The van der Waals surface area contributed by atoms with Crippen molar-refractivity contribution in [3.8, 4) is 0 Å². The van der Waals surface area contributed by atoms with Gasteiger partial charge in [0.2, 0.25) is 0 Å². The van der Waals surface area contributed by atoms with Crippen LogP contribution in [0, 0.1) is 0 Å². The fraction of sp³-hybridized carbons (Fsp3) is 0.600. The van der Waals surface area contributed by atoms with Crippen LogP contribution in [0.25, 0.3) is 0 Å². The van der Waals surface area contributed by atoms with Gasteiger partial charge in [-0.15, -0.1) is 0 Å². The summed E-state index contributed by atoms with van der Waals surface area (Å²) in [7, 11) is 0. The molecule has 1 fully saturated rings. The van der Waals surface area contributed by atoms with E-state index in [1.54, 1.807) is 0 Å². The summed E-state index contributed by atoms with van der Waals surface area (Å²) in [6.45, 7) is 3.14. The number of rotatable bonds is 3. The molecule has 0 saturated carbocycles. The highest BCUT2D eigenvalue weighted by Gasteiger charge is 2.29. The lowest BCUT2D eigenvalue weighted by Gasteiger charge is -2.32. The van der Waals surface area contributed by atoms with E-state index in [4.69, 9.17) is 4.74 Å². The van der Waals surface area contributed by atoms with Crippen LogP contribution < -0.4 is 0 Å². The monoisotopic (exact) mass is 309 g/mol. The van der Waals surface area contributed by atoms with Gasteiger partial charge in [-0.25, -0.2) is 0 Å². The van der Waals surface area contributed by atoms with Crippen LogP contribution in [0.5, 0.6) is 0 Å². The highest BCUT2D eigenvalue weighted by Crippen LogP contribution is 2.30. The van der Waals surface area contributed by atoms with Crippen LogP contribution in [0.2, 0.25) is 0 Å². The number of hydrogen-bond acceptors (Lipinski definition) is 2. The molecule has 2 atom stereocenters. The van der Waals surface area contributed by atoms with Crippen molar-refractivity contribution in [2.75, 3.05) is 25.0 Å². The molecule has 2 unspecified atom stereocenters. The quantitative estimate of drug-likeness (QED) is 0.795. The van der Waals surface area contributed by atoms with Gasteiger partial charge in [0.15, 0.2) is 0 Å². The summed E-state index contributed by atoms with van der Waals surface area (Å²) in [6, 6.07) is 9.45. The van der Waals surface area contributed by atoms with E-state index >= 15 is 0 Å². The van der Waals surface area contributed by atoms with E-state index in [0.29, 0.717) is 6.04 Å². The van der Waals surface area contributed by atoms with E-state index in [1.165, 1.54) is 30.5 Å². The Morgan fingerprint density at radius 1 is 1.33 bits per heavy atom. The minimum atomic E-state index is 0.273. The van der Waals surface area contributed by atoms with Crippen molar-refractivity contribution < 1.29 is 4.74 Å². The molecule has 2 aliphatic rings. The van der Waals surface area contributed by atoms with Gasteiger partial charge in [0.25, 0.3) is 0 Å². The molecule has 0 aromatic heterocycles. The minimum absolute atomic E-state index is 0.273. The molecule has 0 spiro atoms. The molecule has 3 heteroatoms. The van der Waals surface area contributed by atoms with Gasteiger partial charge in [-0.1, -0.05) is 40.2 Å². The van der Waals surface area contributed by atoms with Crippen molar-refractivity contribution in [1.29, 1.82) is 0 Å². The van der Waals surface area contributed by atoms with Crippen molar-refractivity contribution in [2.24, 2.45) is 0 Å². The molecule has 2 nitrogen and oxygen atoms in total. The molecule has 0 aliphatic carbocycles. The number of ether oxygens (including phenoxy) is 1. The van der Waals surface area contributed by atoms with E-state index in [1.807, 2.05) is 0 Å². The molecule has 2 heterocycles. The molecule has 3 rings (SSSR count). The number of fused-ring (bicyclic) bond motifs is 1. The van der Waals surface area contributed by atoms with Crippen molar-refractivity contribution in [3.63, 3.8) is 0 Å². The van der Waals surface area contributed by atoms with Gasteiger partial charge >= 0.3 is 0 Å². The summed E-state index contributed by atoms with van der Waals surface area (Å²) in [6.07, 6.45) is 3.98. The fourth-order valence-corrected chi connectivity index (χ4v) is 3.88. The van der Waals surface area contributed by atoms with E-state index in [9.17, 15) is 0 Å². The number of nitrogens with zero attached hydrogens (tertiary/aromatic N) is 1. The normalized spacial score (nSPS) is 28.3. The molecule has 98 valence electrons. The minimum Gasteiger partial charge on any atom is -0.372 e. The average Bonchev–Trinajstić information content (AvgIpc) is 2.86. The molecule has 1 aromatic carbocycles. The first-order valence-electron chi connectivity index (χ1n) is 6.88. The molecule has 1 aromatic rings. The zero-order chi connectivity index (χ0) is 12.4. The molecule has 1 saturated heterocycles. The SMILES string of the molecule is BrCC1CCCN1CC1OCCc2ccccc21. The third-order valence-corrected chi connectivity index (χ3v) is 4.92. The zero-order valence-electron chi connectivity index (χ0n) is 10.6. The van der Waals surface area contributed by atoms with Crippen LogP contribution in [0.15, 0.2) is 24.3 Å². The fourth-order valence-electron chi connectivity index (χ4n) is 3.15. The first-order valence-corrected chi connectivity index (χ1v) is 8.00. The van der Waals surface area contributed by atoms with Crippen molar-refractivity contribution in [2.45, 2.75) is 31.4 Å². The average molecular weight is 310 g/mol. The molecule has 0 N–H and O–H groups in total. The molecule has 2 aliphatic heterocycles. The predicted molar refractivity (Wildman–Crippen MR) is 77.2 cm³/mol. The maximum atomic E-state index is 6.00. The molecular formula is C15H20BrNO. The number of hydrogen-bond donors (Lipinski definition) is 0. The van der Waals surface area contributed by atoms with Crippen LogP contribution in [-0.4, -0.2) is 36.0 Å². The number of benzene rings is 1. The second kappa shape index (κ2) is 5.72. The Morgan fingerprint density at radius 2 is 2.22 bits per heavy atom. The lowest BCUT2D eigenvalue weighted by molar-refractivity contribution is 0.0149. The molecule has 0 bridgehead atoms. The van der Waals surface area contributed by atoms with Gasteiger partial charge in [-0.05, 0) is 36.9 Å². The van der Waals surface area contributed by atoms with E-state index in [0.717, 1.165) is 24.9 Å². The van der Waals surface area contributed by atoms with Crippen molar-refractivity contribution >= 4 is 15.9 Å². The maximum Gasteiger partial charge on any atom is 0.0954 e. The topological polar surface area (TPSA) is 12.5 Å². The Labute approximate surface area is 117 Å². The smallest absolute Gasteiger partial charge is 0.0954 e. The lowest BCUT2D eigenvalue weighted by atomic mass is 9.97. The summed E-state index contributed by atoms with van der Waals surface area (Å²) in [5.74, 6) is 0. The first-order chi connectivity index (χ1) is 8.88. The van der Waals surface area contributed by atoms with Crippen LogP contribution in [0.3, 0.4) is 0 Å². The summed E-state index contributed by atoms with van der Waals surface area (Å²) in [5, 5.41) is 1.08. The standard InChI is InChI=1S/C15H20BrNO/c16-10-13-5-3-8-17(13)11-15-14-6-2-1-4-12(14)7-9-18-15/h1-2,4,6,13,15H,3,5,7-11H2. The predicted octanol–water partition coefficient (Wildman–Crippen LogP) is 3.16. The van der Waals surface area contributed by atoms with Crippen LogP contribution in [0.1, 0.15) is 30.1 Å². The molecule has 0 amide bonds. The van der Waals surface area contributed by atoms with Gasteiger partial charge in [0.1, 0.15) is 0 Å². The summed E-state index contributed by atoms with van der Waals surface area (Å²) >= 11 is 3.63. The van der Waals surface area contributed by atoms with Gasteiger partial charge in [0, 0.05) is 17.9 Å². The Balaban J connectivity index is 1.74. The number of halogens is 1. The summed E-state index contributed by atoms with van der Waals surface area (Å²) < 4.78 is 6.00. The number of alkyl halides is 1. The van der Waals surface area contributed by atoms with Gasteiger partial charge in [-0.3, -0.25) is 4.90 Å². The van der Waals surface area contributed by atoms with E-state index in [-0.39, 0.29) is 6.10 Å².